The Bertz CT molecular complexity index is 2260. The van der Waals surface area contributed by atoms with Gasteiger partial charge >= 0.3 is 107 Å². The molecule has 39 heteroatoms. The van der Waals surface area contributed by atoms with Crippen molar-refractivity contribution in [1.82, 2.24) is 0 Å². The highest BCUT2D eigenvalue weighted by Crippen LogP contribution is 2.66. The lowest BCUT2D eigenvalue weighted by Crippen LogP contribution is -2.74. The summed E-state index contributed by atoms with van der Waals surface area (Å²) in [5.74, 6) is -117. The highest BCUT2D eigenvalue weighted by Gasteiger charge is 2.96. The number of allylic oxidation sites excluding steroid dienone is 2. The SMILES string of the molecule is CC(=CC(F)(F)C(F)(F)C(F)(F)C(F)(F)C(F)(F)C(F)(F)C(F)(F)CCC(F)(F)F)C(=O)O.CCC(=C(C)C(=O)O)C(F)(F)C(F)(F)C(F)(F)C(F)(F)C(F)(F)C(F)(F)C(F)(F)C(F)(F)F.C[SiH](C)C=Cc1ccccc1. The van der Waals surface area contributed by atoms with Crippen molar-refractivity contribution in [2.24, 2.45) is 0 Å². The van der Waals surface area contributed by atoms with E-state index in [-0.39, 0.29) is 13.8 Å². The Morgan fingerprint density at radius 1 is 0.468 bits per heavy atom. The average molecular weight is 1230 g/mol. The number of rotatable bonds is 21. The van der Waals surface area contributed by atoms with Gasteiger partial charge in [-0.15, -0.1) is 0 Å². The number of aliphatic carboxylic acids is 2. The molecular formula is C38H32F34O4Si. The minimum Gasteiger partial charge on any atom is -0.478 e. The number of carboxylic acid groups (broad SMARTS) is 2. The smallest absolute Gasteiger partial charge is 0.460 e. The van der Waals surface area contributed by atoms with Crippen LogP contribution in [-0.4, -0.2) is 126 Å². The van der Waals surface area contributed by atoms with Crippen LogP contribution in [-0.2, 0) is 9.59 Å². The summed E-state index contributed by atoms with van der Waals surface area (Å²) in [6.45, 7) is 5.04. The molecule has 0 atom stereocenters. The fourth-order valence-electron chi connectivity index (χ4n) is 4.98. The number of hydrogen-bond donors (Lipinski definition) is 2. The van der Waals surface area contributed by atoms with Gasteiger partial charge in [0.2, 0.25) is 0 Å². The van der Waals surface area contributed by atoms with Gasteiger partial charge < -0.3 is 10.2 Å². The lowest BCUT2D eigenvalue weighted by molar-refractivity contribution is -0.460. The van der Waals surface area contributed by atoms with Gasteiger partial charge in [-0.1, -0.05) is 62.1 Å². The van der Waals surface area contributed by atoms with E-state index in [0.29, 0.717) is 6.92 Å². The van der Waals surface area contributed by atoms with Crippen molar-refractivity contribution in [3.63, 3.8) is 0 Å². The zero-order valence-corrected chi connectivity index (χ0v) is 39.0. The van der Waals surface area contributed by atoms with Crippen LogP contribution in [0.5, 0.6) is 0 Å². The molecule has 0 saturated carbocycles. The van der Waals surface area contributed by atoms with E-state index in [2.05, 4.69) is 49.1 Å². The fourth-order valence-corrected chi connectivity index (χ4v) is 5.59. The summed E-state index contributed by atoms with van der Waals surface area (Å²) in [6.07, 6.45) is -21.2. The molecule has 0 fully saturated rings. The number of carbonyl (C=O) groups is 2. The monoisotopic (exact) mass is 1230 g/mol. The number of carboxylic acids is 2. The molecule has 2 N–H and O–H groups in total. The van der Waals surface area contributed by atoms with Gasteiger partial charge in [-0.05, 0) is 25.8 Å². The topological polar surface area (TPSA) is 74.6 Å². The third-order valence-electron chi connectivity index (χ3n) is 9.61. The summed E-state index contributed by atoms with van der Waals surface area (Å²) in [5, 5.41) is 16.7. The third-order valence-corrected chi connectivity index (χ3v) is 10.6. The van der Waals surface area contributed by atoms with Gasteiger partial charge in [-0.3, -0.25) is 0 Å². The van der Waals surface area contributed by atoms with Gasteiger partial charge in [0.25, 0.3) is 0 Å². The maximum absolute atomic E-state index is 14.0. The number of hydrogen-bond acceptors (Lipinski definition) is 2. The molecule has 1 aromatic carbocycles. The Kier molecular flexibility index (Phi) is 22.3. The normalized spacial score (nSPS) is 15.7. The third kappa shape index (κ3) is 13.8. The second-order valence-corrected chi connectivity index (χ2v) is 18.6. The van der Waals surface area contributed by atoms with Crippen LogP contribution in [0.1, 0.15) is 45.6 Å². The van der Waals surface area contributed by atoms with Crippen LogP contribution in [0.3, 0.4) is 0 Å². The second-order valence-electron chi connectivity index (χ2n) is 15.7. The van der Waals surface area contributed by atoms with Gasteiger partial charge in [0, 0.05) is 35.6 Å². The lowest BCUT2D eigenvalue weighted by Gasteiger charge is -2.43. The highest BCUT2D eigenvalue weighted by atomic mass is 28.3. The highest BCUT2D eigenvalue weighted by molar-refractivity contribution is 6.62. The van der Waals surface area contributed by atoms with Gasteiger partial charge in [0.15, 0.2) is 0 Å². The number of halogens is 34. The minimum atomic E-state index is -8.72. The largest absolute Gasteiger partial charge is 0.478 e. The van der Waals surface area contributed by atoms with Crippen LogP contribution in [0.15, 0.2) is 58.8 Å². The van der Waals surface area contributed by atoms with Crippen molar-refractivity contribution in [1.29, 1.82) is 0 Å². The van der Waals surface area contributed by atoms with Crippen molar-refractivity contribution in [2.75, 3.05) is 0 Å². The van der Waals surface area contributed by atoms with E-state index in [1.807, 2.05) is 6.07 Å². The van der Waals surface area contributed by atoms with Crippen LogP contribution in [0.25, 0.3) is 6.08 Å². The Balaban J connectivity index is 0. The number of benzene rings is 1. The Morgan fingerprint density at radius 3 is 1.12 bits per heavy atom. The Morgan fingerprint density at radius 2 is 0.805 bits per heavy atom. The first-order valence-electron chi connectivity index (χ1n) is 19.4. The van der Waals surface area contributed by atoms with E-state index in [1.54, 1.807) is 0 Å². The molecule has 0 spiro atoms. The molecule has 0 radical (unpaired) electrons. The predicted molar refractivity (Wildman–Crippen MR) is 197 cm³/mol. The quantitative estimate of drug-likeness (QED) is 0.0731. The first-order chi connectivity index (χ1) is 33.4. The summed E-state index contributed by atoms with van der Waals surface area (Å²) >= 11 is 0. The van der Waals surface area contributed by atoms with Crippen molar-refractivity contribution in [2.45, 2.75) is 148 Å². The molecule has 4 nitrogen and oxygen atoms in total. The maximum atomic E-state index is 14.0. The van der Waals surface area contributed by atoms with Crippen molar-refractivity contribution < 1.29 is 169 Å². The van der Waals surface area contributed by atoms with Crippen LogP contribution >= 0.6 is 0 Å². The maximum Gasteiger partial charge on any atom is 0.460 e. The van der Waals surface area contributed by atoms with Crippen molar-refractivity contribution in [3.05, 3.63) is 64.4 Å². The summed E-state index contributed by atoms with van der Waals surface area (Å²) in [6, 6.07) is 10.5. The van der Waals surface area contributed by atoms with E-state index < -0.39 is 158 Å². The molecule has 0 amide bonds. The zero-order chi connectivity index (χ0) is 62.8. The number of alkyl halides is 34. The molecule has 0 saturated heterocycles. The van der Waals surface area contributed by atoms with Crippen LogP contribution in [0.4, 0.5) is 149 Å². The molecule has 0 aromatic heterocycles. The molecule has 0 aliphatic rings. The van der Waals surface area contributed by atoms with E-state index in [1.165, 1.54) is 5.56 Å². The molecule has 0 unspecified atom stereocenters. The van der Waals surface area contributed by atoms with E-state index in [0.717, 1.165) is 0 Å². The molecule has 77 heavy (non-hydrogen) atoms. The van der Waals surface area contributed by atoms with Crippen molar-refractivity contribution >= 4 is 26.8 Å². The van der Waals surface area contributed by atoms with Gasteiger partial charge in [-0.2, -0.15) is 149 Å². The Labute approximate surface area is 409 Å². The average Bonchev–Trinajstić information content (AvgIpc) is 3.24. The van der Waals surface area contributed by atoms with E-state index in [9.17, 15) is 159 Å². The summed E-state index contributed by atoms with van der Waals surface area (Å²) in [7, 11) is -0.521. The Hall–Kier alpha value is -4.78. The molecule has 450 valence electrons. The first-order valence-corrected chi connectivity index (χ1v) is 22.4. The summed E-state index contributed by atoms with van der Waals surface area (Å²) < 4.78 is 448. The molecule has 0 aliphatic carbocycles. The van der Waals surface area contributed by atoms with E-state index in [4.69, 9.17) is 10.2 Å². The molecule has 1 rings (SSSR count). The van der Waals surface area contributed by atoms with Gasteiger partial charge in [0.1, 0.15) is 0 Å². The van der Waals surface area contributed by atoms with Crippen LogP contribution in [0, 0.1) is 0 Å². The fraction of sp³-hybridized carbons (Fsp3) is 0.632. The standard InChI is InChI=1S/2C14H9F17O2.C10H14Si/c1-5(6(32)33)4-8(17,18)11(24,25)13(28,29)14(30,31)12(26,27)10(22,23)7(15,16)2-3-9(19,20)21;1-3-5(4(2)6(32)33)7(15,16)8(17,18)9(19,20)10(21,22)11(23,24)12(25,26)13(27,28)14(29,30)31;1-11(2)9-8-10-6-4-3-5-7-10/h4H,2-3H2,1H3,(H,32,33);3H2,1-2H3,(H,32,33);3-9,11H,1-2H3. The summed E-state index contributed by atoms with van der Waals surface area (Å²) in [5.41, 5.74) is -2.81. The minimum absolute atomic E-state index is 0.00652. The first kappa shape index (κ1) is 74.3. The molecule has 0 aliphatic heterocycles. The second kappa shape index (κ2) is 23.1. The lowest BCUT2D eigenvalue weighted by atomic mass is 9.85. The summed E-state index contributed by atoms with van der Waals surface area (Å²) in [4.78, 5) is 21.0. The molecule has 0 heterocycles. The van der Waals surface area contributed by atoms with Gasteiger partial charge in [-0.25, -0.2) is 9.59 Å². The van der Waals surface area contributed by atoms with Crippen LogP contribution in [0.2, 0.25) is 13.1 Å². The zero-order valence-electron chi connectivity index (χ0n) is 37.9. The van der Waals surface area contributed by atoms with E-state index >= 15 is 0 Å². The molecular weight excluding hydrogens is 1190 g/mol. The van der Waals surface area contributed by atoms with Gasteiger partial charge in [0.05, 0.1) is 8.80 Å². The molecule has 1 aromatic rings. The van der Waals surface area contributed by atoms with Crippen molar-refractivity contribution in [3.8, 4) is 0 Å². The molecule has 0 bridgehead atoms. The van der Waals surface area contributed by atoms with Crippen LogP contribution < -0.4 is 0 Å². The predicted octanol–water partition coefficient (Wildman–Crippen LogP) is 16.3.